The lowest BCUT2D eigenvalue weighted by Gasteiger charge is -2.27. The Kier molecular flexibility index (Phi) is 14.6. The Morgan fingerprint density at radius 1 is 0.805 bits per heavy atom. The third-order valence-corrected chi connectivity index (χ3v) is 5.82. The van der Waals surface area contributed by atoms with Crippen molar-refractivity contribution in [3.8, 4) is 11.5 Å². The summed E-state index contributed by atoms with van der Waals surface area (Å²) in [6.45, 7) is 13.9. The number of hydrogen-bond donors (Lipinski definition) is 1. The molecule has 0 saturated carbocycles. The van der Waals surface area contributed by atoms with Crippen LogP contribution >= 0.6 is 0 Å². The molecule has 0 heterocycles. The van der Waals surface area contributed by atoms with Gasteiger partial charge in [-0.3, -0.25) is 9.59 Å². The molecule has 1 atom stereocenters. The average molecular weight is 582 g/mol. The van der Waals surface area contributed by atoms with Gasteiger partial charge in [-0.1, -0.05) is 54.5 Å². The lowest BCUT2D eigenvalue weighted by atomic mass is 9.88. The lowest BCUT2D eigenvalue weighted by molar-refractivity contribution is -0.152. The van der Waals surface area contributed by atoms with E-state index in [-0.39, 0.29) is 56.0 Å². The number of nitrogens with two attached hydrogens (primary N) is 1. The number of esters is 2. The molecular weight excluding hydrogens is 534 g/mol. The molecule has 1 rings (SSSR count). The van der Waals surface area contributed by atoms with Gasteiger partial charge in [-0.2, -0.15) is 0 Å². The first kappa shape index (κ1) is 35.7. The van der Waals surface area contributed by atoms with Gasteiger partial charge in [0, 0.05) is 12.8 Å². The van der Waals surface area contributed by atoms with Gasteiger partial charge in [-0.15, -0.1) is 0 Å². The first-order valence-corrected chi connectivity index (χ1v) is 13.9. The molecule has 0 aromatic heterocycles. The number of hydrogen-bond acceptors (Lipinski definition) is 11. The number of carbonyl (C=O) groups is 4. The smallest absolute Gasteiger partial charge is 0.468 e. The van der Waals surface area contributed by atoms with Crippen molar-refractivity contribution in [2.24, 2.45) is 23.0 Å². The van der Waals surface area contributed by atoms with Gasteiger partial charge in [-0.25, -0.2) is 9.59 Å². The Labute approximate surface area is 243 Å². The lowest BCUT2D eigenvalue weighted by Crippen LogP contribution is -2.51. The summed E-state index contributed by atoms with van der Waals surface area (Å²) in [6.07, 6.45) is -0.544. The van der Waals surface area contributed by atoms with Crippen LogP contribution in [0.2, 0.25) is 0 Å². The molecule has 11 nitrogen and oxygen atoms in total. The van der Waals surface area contributed by atoms with Gasteiger partial charge in [-0.05, 0) is 47.8 Å². The SMILES string of the molecule is COC(=O)[C@@](N)(CCOC(=O)CC(C)(C)C)Cc1ccc(OC(=O)OCCC(C)C)c(OC(=O)OCCC(C)C)c1. The normalized spacial score (nSPS) is 12.9. The van der Waals surface area contributed by atoms with Crippen LogP contribution in [0.4, 0.5) is 9.59 Å². The van der Waals surface area contributed by atoms with Gasteiger partial charge < -0.3 is 34.2 Å². The molecule has 0 fully saturated rings. The van der Waals surface area contributed by atoms with E-state index in [4.69, 9.17) is 34.2 Å². The Hall–Kier alpha value is -3.34. The topological polar surface area (TPSA) is 150 Å². The van der Waals surface area contributed by atoms with E-state index in [1.54, 1.807) is 6.07 Å². The Balaban J connectivity index is 3.12. The minimum absolute atomic E-state index is 0.0244. The summed E-state index contributed by atoms with van der Waals surface area (Å²) in [5.74, 6) is -0.681. The molecule has 232 valence electrons. The van der Waals surface area contributed by atoms with Gasteiger partial charge in [0.1, 0.15) is 5.54 Å². The van der Waals surface area contributed by atoms with Gasteiger partial charge in [0.25, 0.3) is 0 Å². The van der Waals surface area contributed by atoms with Crippen LogP contribution in [0.5, 0.6) is 11.5 Å². The van der Waals surface area contributed by atoms with Gasteiger partial charge in [0.15, 0.2) is 11.5 Å². The summed E-state index contributed by atoms with van der Waals surface area (Å²) in [4.78, 5) is 49.4. The minimum atomic E-state index is -1.57. The number of ether oxygens (including phenoxy) is 6. The monoisotopic (exact) mass is 581 g/mol. The van der Waals surface area contributed by atoms with Crippen LogP contribution in [0.3, 0.4) is 0 Å². The van der Waals surface area contributed by atoms with Crippen molar-refractivity contribution in [1.29, 1.82) is 0 Å². The van der Waals surface area contributed by atoms with E-state index >= 15 is 0 Å². The van der Waals surface area contributed by atoms with Crippen molar-refractivity contribution in [1.82, 2.24) is 0 Å². The zero-order valence-corrected chi connectivity index (χ0v) is 25.7. The molecule has 11 heteroatoms. The molecule has 0 saturated heterocycles. The van der Waals surface area contributed by atoms with Crippen LogP contribution in [-0.4, -0.2) is 56.7 Å². The van der Waals surface area contributed by atoms with E-state index in [1.165, 1.54) is 19.2 Å². The van der Waals surface area contributed by atoms with Crippen molar-refractivity contribution >= 4 is 24.2 Å². The fourth-order valence-electron chi connectivity index (χ4n) is 3.48. The highest BCUT2D eigenvalue weighted by molar-refractivity contribution is 5.81. The molecule has 1 aromatic rings. The molecule has 0 radical (unpaired) electrons. The molecule has 1 aromatic carbocycles. The molecule has 2 N–H and O–H groups in total. The second-order valence-electron chi connectivity index (χ2n) is 12.1. The number of carbonyl (C=O) groups excluding carboxylic acids is 4. The Morgan fingerprint density at radius 3 is 1.83 bits per heavy atom. The summed E-state index contributed by atoms with van der Waals surface area (Å²) in [6, 6.07) is 4.37. The van der Waals surface area contributed by atoms with E-state index in [0.717, 1.165) is 0 Å². The highest BCUT2D eigenvalue weighted by Gasteiger charge is 2.36. The molecule has 41 heavy (non-hydrogen) atoms. The Bertz CT molecular complexity index is 1020. The maximum Gasteiger partial charge on any atom is 0.513 e. The molecule has 0 amide bonds. The quantitative estimate of drug-likeness (QED) is 0.157. The summed E-state index contributed by atoms with van der Waals surface area (Å²) in [5.41, 5.74) is 5.08. The van der Waals surface area contributed by atoms with Gasteiger partial charge >= 0.3 is 24.2 Å². The van der Waals surface area contributed by atoms with Crippen molar-refractivity contribution in [3.05, 3.63) is 23.8 Å². The standard InChI is InChI=1S/C30H47NO10/c1-20(2)11-14-38-27(34)40-23-10-9-22(17-24(23)41-28(35)39-15-12-21(3)4)18-30(31,26(33)36-8)13-16-37-25(32)19-29(5,6)7/h9-10,17,20-21H,11-16,18-19,31H2,1-8H3/t30-/m1/s1. The molecule has 0 spiro atoms. The van der Waals surface area contributed by atoms with E-state index < -0.39 is 29.8 Å². The average Bonchev–Trinajstić information content (AvgIpc) is 2.83. The van der Waals surface area contributed by atoms with Crippen LogP contribution in [0.1, 0.15) is 79.7 Å². The minimum Gasteiger partial charge on any atom is -0.468 e. The molecular formula is C30H47NO10. The number of rotatable bonds is 15. The maximum absolute atomic E-state index is 12.7. The van der Waals surface area contributed by atoms with E-state index in [9.17, 15) is 19.2 Å². The van der Waals surface area contributed by atoms with Crippen molar-refractivity contribution < 1.29 is 47.6 Å². The summed E-state index contributed by atoms with van der Waals surface area (Å²) in [5, 5.41) is 0. The number of benzene rings is 1. The highest BCUT2D eigenvalue weighted by atomic mass is 16.7. The summed E-state index contributed by atoms with van der Waals surface area (Å²) in [7, 11) is 1.21. The fourth-order valence-corrected chi connectivity index (χ4v) is 3.48. The molecule has 0 aliphatic heterocycles. The summed E-state index contributed by atoms with van der Waals surface area (Å²) >= 11 is 0. The van der Waals surface area contributed by atoms with E-state index in [0.29, 0.717) is 30.2 Å². The van der Waals surface area contributed by atoms with Crippen LogP contribution in [0.25, 0.3) is 0 Å². The van der Waals surface area contributed by atoms with E-state index in [2.05, 4.69) is 0 Å². The predicted molar refractivity (Wildman–Crippen MR) is 152 cm³/mol. The zero-order chi connectivity index (χ0) is 31.2. The van der Waals surface area contributed by atoms with Crippen molar-refractivity contribution in [3.63, 3.8) is 0 Å². The molecule has 0 aliphatic carbocycles. The second-order valence-corrected chi connectivity index (χ2v) is 12.1. The largest absolute Gasteiger partial charge is 0.513 e. The molecule has 0 aliphatic rings. The van der Waals surface area contributed by atoms with Crippen molar-refractivity contribution in [2.45, 2.75) is 86.1 Å². The first-order chi connectivity index (χ1) is 19.0. The van der Waals surface area contributed by atoms with Crippen LogP contribution in [-0.2, 0) is 35.0 Å². The van der Waals surface area contributed by atoms with Gasteiger partial charge in [0.05, 0.1) is 33.4 Å². The van der Waals surface area contributed by atoms with Crippen LogP contribution in [0.15, 0.2) is 18.2 Å². The highest BCUT2D eigenvalue weighted by Crippen LogP contribution is 2.31. The molecule has 0 unspecified atom stereocenters. The Morgan fingerprint density at radius 2 is 1.34 bits per heavy atom. The first-order valence-electron chi connectivity index (χ1n) is 13.9. The number of methoxy groups -OCH3 is 1. The molecule has 0 bridgehead atoms. The van der Waals surface area contributed by atoms with E-state index in [1.807, 2.05) is 48.5 Å². The third kappa shape index (κ3) is 14.7. The second kappa shape index (κ2) is 16.8. The van der Waals surface area contributed by atoms with Crippen LogP contribution in [0, 0.1) is 17.3 Å². The van der Waals surface area contributed by atoms with Crippen LogP contribution < -0.4 is 15.2 Å². The zero-order valence-electron chi connectivity index (χ0n) is 25.7. The summed E-state index contributed by atoms with van der Waals surface area (Å²) < 4.78 is 31.1. The van der Waals surface area contributed by atoms with Crippen molar-refractivity contribution in [2.75, 3.05) is 26.9 Å². The third-order valence-electron chi connectivity index (χ3n) is 5.82. The van der Waals surface area contributed by atoms with Gasteiger partial charge in [0.2, 0.25) is 0 Å². The maximum atomic E-state index is 12.7. The fraction of sp³-hybridized carbons (Fsp3) is 0.667. The predicted octanol–water partition coefficient (Wildman–Crippen LogP) is 5.59.